The van der Waals surface area contributed by atoms with E-state index in [1.807, 2.05) is 6.92 Å². The van der Waals surface area contributed by atoms with E-state index < -0.39 is 23.5 Å². The van der Waals surface area contributed by atoms with Crippen LogP contribution in [0.5, 0.6) is 0 Å². The van der Waals surface area contributed by atoms with Gasteiger partial charge in [-0.2, -0.15) is 0 Å². The first-order valence-electron chi connectivity index (χ1n) is 6.08. The van der Waals surface area contributed by atoms with Crippen LogP contribution in [0.1, 0.15) is 36.5 Å². The Bertz CT molecular complexity index is 474. The van der Waals surface area contributed by atoms with E-state index in [4.69, 9.17) is 11.6 Å². The lowest BCUT2D eigenvalue weighted by molar-refractivity contribution is -0.143. The lowest BCUT2D eigenvalue weighted by Gasteiger charge is -2.14. The third-order valence-corrected chi connectivity index (χ3v) is 3.16. The van der Waals surface area contributed by atoms with Gasteiger partial charge in [-0.3, -0.25) is 9.59 Å². The van der Waals surface area contributed by atoms with Gasteiger partial charge in [0.05, 0.1) is 12.1 Å². The number of benzene rings is 1. The second-order valence-corrected chi connectivity index (χ2v) is 4.61. The number of carbonyl (C=O) groups excluding carboxylic acids is 2. The summed E-state index contributed by atoms with van der Waals surface area (Å²) in [5.41, 5.74) is 0.148. The predicted octanol–water partition coefficient (Wildman–Crippen LogP) is 3.64. The summed E-state index contributed by atoms with van der Waals surface area (Å²) in [4.78, 5) is 23.9. The summed E-state index contributed by atoms with van der Waals surface area (Å²) >= 11 is 5.84. The summed E-state index contributed by atoms with van der Waals surface area (Å²) in [6.07, 6.45) is 1.98. The molecule has 1 atom stereocenters. The molecule has 0 saturated carbocycles. The largest absolute Gasteiger partial charge is 0.468 e. The van der Waals surface area contributed by atoms with E-state index in [1.54, 1.807) is 0 Å². The molecular formula is C14H16ClFO3. The van der Waals surface area contributed by atoms with E-state index in [0.29, 0.717) is 6.42 Å². The maximum absolute atomic E-state index is 13.0. The molecule has 0 aliphatic carbocycles. The van der Waals surface area contributed by atoms with Crippen LogP contribution < -0.4 is 0 Å². The van der Waals surface area contributed by atoms with Gasteiger partial charge in [0, 0.05) is 5.56 Å². The standard InChI is InChI=1S/C14H16ClFO3/c1-3-4-5-11(14(18)19-2)13(17)10-7-6-9(16)8-12(10)15/h6-8,11H,3-5H2,1-2H3. The van der Waals surface area contributed by atoms with E-state index >= 15 is 0 Å². The number of halogens is 2. The van der Waals surface area contributed by atoms with E-state index in [-0.39, 0.29) is 10.6 Å². The van der Waals surface area contributed by atoms with Crippen molar-refractivity contribution in [3.8, 4) is 0 Å². The molecule has 5 heteroatoms. The highest BCUT2D eigenvalue weighted by Crippen LogP contribution is 2.23. The Morgan fingerprint density at radius 2 is 2.11 bits per heavy atom. The van der Waals surface area contributed by atoms with Crippen molar-refractivity contribution in [3.05, 3.63) is 34.6 Å². The zero-order valence-corrected chi connectivity index (χ0v) is 11.7. The predicted molar refractivity (Wildman–Crippen MR) is 70.8 cm³/mol. The Morgan fingerprint density at radius 3 is 2.63 bits per heavy atom. The molecule has 0 fully saturated rings. The van der Waals surface area contributed by atoms with Gasteiger partial charge in [-0.15, -0.1) is 0 Å². The summed E-state index contributed by atoms with van der Waals surface area (Å²) in [5.74, 6) is -2.42. The minimum atomic E-state index is -0.882. The fraction of sp³-hybridized carbons (Fsp3) is 0.429. The summed E-state index contributed by atoms with van der Waals surface area (Å²) in [5, 5.41) is 0.00963. The maximum Gasteiger partial charge on any atom is 0.316 e. The van der Waals surface area contributed by atoms with Crippen LogP contribution >= 0.6 is 11.6 Å². The molecule has 0 aliphatic rings. The molecule has 0 bridgehead atoms. The van der Waals surface area contributed by atoms with Crippen LogP contribution in [-0.4, -0.2) is 18.9 Å². The second kappa shape index (κ2) is 7.24. The molecule has 3 nitrogen and oxygen atoms in total. The summed E-state index contributed by atoms with van der Waals surface area (Å²) in [7, 11) is 1.24. The van der Waals surface area contributed by atoms with Crippen LogP contribution in [0.25, 0.3) is 0 Å². The lowest BCUT2D eigenvalue weighted by atomic mass is 9.92. The van der Waals surface area contributed by atoms with E-state index in [0.717, 1.165) is 25.0 Å². The lowest BCUT2D eigenvalue weighted by Crippen LogP contribution is -2.25. The third-order valence-electron chi connectivity index (χ3n) is 2.85. The molecular weight excluding hydrogens is 271 g/mol. The van der Waals surface area contributed by atoms with Gasteiger partial charge in [0.1, 0.15) is 11.7 Å². The zero-order chi connectivity index (χ0) is 14.4. The number of rotatable bonds is 6. The van der Waals surface area contributed by atoms with Gasteiger partial charge in [-0.1, -0.05) is 31.4 Å². The number of esters is 1. The van der Waals surface area contributed by atoms with Crippen LogP contribution in [0.2, 0.25) is 5.02 Å². The number of carbonyl (C=O) groups is 2. The molecule has 0 heterocycles. The van der Waals surface area contributed by atoms with E-state index in [1.165, 1.54) is 13.2 Å². The average Bonchev–Trinajstić information content (AvgIpc) is 2.38. The Morgan fingerprint density at radius 1 is 1.42 bits per heavy atom. The average molecular weight is 287 g/mol. The van der Waals surface area contributed by atoms with Crippen LogP contribution in [0.3, 0.4) is 0 Å². The normalized spacial score (nSPS) is 12.0. The molecule has 0 aliphatic heterocycles. The minimum absolute atomic E-state index is 0.00963. The number of Topliss-reactive ketones (excluding diaryl/α,β-unsaturated/α-hetero) is 1. The highest BCUT2D eigenvalue weighted by atomic mass is 35.5. The van der Waals surface area contributed by atoms with Crippen LogP contribution in [0.15, 0.2) is 18.2 Å². The number of ether oxygens (including phenoxy) is 1. The van der Waals surface area contributed by atoms with Crippen molar-refractivity contribution >= 4 is 23.4 Å². The Labute approximate surface area is 116 Å². The minimum Gasteiger partial charge on any atom is -0.468 e. The van der Waals surface area contributed by atoms with Crippen LogP contribution in [0.4, 0.5) is 4.39 Å². The second-order valence-electron chi connectivity index (χ2n) is 4.21. The number of methoxy groups -OCH3 is 1. The van der Waals surface area contributed by atoms with Crippen molar-refractivity contribution < 1.29 is 18.7 Å². The number of hydrogen-bond acceptors (Lipinski definition) is 3. The van der Waals surface area contributed by atoms with Gasteiger partial charge >= 0.3 is 5.97 Å². The highest BCUT2D eigenvalue weighted by molar-refractivity contribution is 6.34. The zero-order valence-electron chi connectivity index (χ0n) is 10.9. The number of ketones is 1. The topological polar surface area (TPSA) is 43.4 Å². The summed E-state index contributed by atoms with van der Waals surface area (Å²) < 4.78 is 17.6. The number of hydrogen-bond donors (Lipinski definition) is 0. The fourth-order valence-corrected chi connectivity index (χ4v) is 2.04. The van der Waals surface area contributed by atoms with Gasteiger partial charge in [0.15, 0.2) is 5.78 Å². The van der Waals surface area contributed by atoms with Gasteiger partial charge in [-0.25, -0.2) is 4.39 Å². The van der Waals surface area contributed by atoms with E-state index in [2.05, 4.69) is 4.74 Å². The highest BCUT2D eigenvalue weighted by Gasteiger charge is 2.29. The molecule has 19 heavy (non-hydrogen) atoms. The molecule has 0 aromatic heterocycles. The van der Waals surface area contributed by atoms with Gasteiger partial charge in [0.25, 0.3) is 0 Å². The summed E-state index contributed by atoms with van der Waals surface area (Å²) in [6, 6.07) is 3.50. The molecule has 104 valence electrons. The van der Waals surface area contributed by atoms with Crippen LogP contribution in [-0.2, 0) is 9.53 Å². The Kier molecular flexibility index (Phi) is 5.96. The van der Waals surface area contributed by atoms with Gasteiger partial charge in [-0.05, 0) is 24.6 Å². The molecule has 0 spiro atoms. The molecule has 0 amide bonds. The first-order valence-corrected chi connectivity index (χ1v) is 6.46. The molecule has 1 unspecified atom stereocenters. The SMILES string of the molecule is CCCCC(C(=O)OC)C(=O)c1ccc(F)cc1Cl. The Balaban J connectivity index is 3.01. The quantitative estimate of drug-likeness (QED) is 0.455. The number of unbranched alkanes of at least 4 members (excludes halogenated alkanes) is 1. The van der Waals surface area contributed by atoms with Crippen molar-refractivity contribution in [2.45, 2.75) is 26.2 Å². The maximum atomic E-state index is 13.0. The third kappa shape index (κ3) is 4.03. The molecule has 0 radical (unpaired) electrons. The molecule has 1 rings (SSSR count). The molecule has 0 saturated heterocycles. The molecule has 0 N–H and O–H groups in total. The fourth-order valence-electron chi connectivity index (χ4n) is 1.78. The Hall–Kier alpha value is -1.42. The monoisotopic (exact) mass is 286 g/mol. The van der Waals surface area contributed by atoms with Crippen molar-refractivity contribution in [1.29, 1.82) is 0 Å². The summed E-state index contributed by atoms with van der Waals surface area (Å²) in [6.45, 7) is 1.96. The first-order chi connectivity index (χ1) is 9.01. The van der Waals surface area contributed by atoms with E-state index in [9.17, 15) is 14.0 Å². The smallest absolute Gasteiger partial charge is 0.316 e. The van der Waals surface area contributed by atoms with Crippen molar-refractivity contribution in [2.75, 3.05) is 7.11 Å². The molecule has 1 aromatic rings. The van der Waals surface area contributed by atoms with Crippen molar-refractivity contribution in [1.82, 2.24) is 0 Å². The first kappa shape index (κ1) is 15.6. The molecule has 1 aromatic carbocycles. The van der Waals surface area contributed by atoms with Gasteiger partial charge < -0.3 is 4.74 Å². The van der Waals surface area contributed by atoms with Crippen molar-refractivity contribution in [3.63, 3.8) is 0 Å². The van der Waals surface area contributed by atoms with Gasteiger partial charge in [0.2, 0.25) is 0 Å². The van der Waals surface area contributed by atoms with Crippen LogP contribution in [0, 0.1) is 11.7 Å². The van der Waals surface area contributed by atoms with Crippen molar-refractivity contribution in [2.24, 2.45) is 5.92 Å².